The van der Waals surface area contributed by atoms with E-state index in [1.165, 1.54) is 28.6 Å². The molecule has 0 aromatic heterocycles. The standard InChI is InChI=1S/C22H26N4O3S/c1-16-6-4-5-7-21(16)24-22(27)15-25-13-17(2)26(18(3)14-25)30(28,29)20-10-8-19(12-23)9-11-20/h4-11,17-18H,13-15H2,1-3H3,(H,24,27). The number of hydrogen-bond donors (Lipinski definition) is 1. The van der Waals surface area contributed by atoms with E-state index in [1.54, 1.807) is 0 Å². The first kappa shape index (κ1) is 22.0. The summed E-state index contributed by atoms with van der Waals surface area (Å²) in [6.45, 7) is 6.76. The van der Waals surface area contributed by atoms with E-state index in [0.29, 0.717) is 18.7 Å². The highest BCUT2D eigenvalue weighted by atomic mass is 32.2. The number of aryl methyl sites for hydroxylation is 1. The summed E-state index contributed by atoms with van der Waals surface area (Å²) in [6.07, 6.45) is 0. The minimum atomic E-state index is -3.69. The molecule has 0 radical (unpaired) electrons. The van der Waals surface area contributed by atoms with E-state index in [0.717, 1.165) is 11.3 Å². The highest BCUT2D eigenvalue weighted by Crippen LogP contribution is 2.25. The first-order valence-electron chi connectivity index (χ1n) is 9.84. The summed E-state index contributed by atoms with van der Waals surface area (Å²) in [5.74, 6) is -0.118. The van der Waals surface area contributed by atoms with Crippen LogP contribution in [0.5, 0.6) is 0 Å². The van der Waals surface area contributed by atoms with Gasteiger partial charge in [0.2, 0.25) is 15.9 Å². The summed E-state index contributed by atoms with van der Waals surface area (Å²) in [4.78, 5) is 14.6. The number of nitrogens with zero attached hydrogens (tertiary/aromatic N) is 3. The summed E-state index contributed by atoms with van der Waals surface area (Å²) in [7, 11) is -3.69. The molecule has 0 saturated carbocycles. The maximum atomic E-state index is 13.2. The lowest BCUT2D eigenvalue weighted by atomic mass is 10.1. The number of amides is 1. The number of sulfonamides is 1. The smallest absolute Gasteiger partial charge is 0.243 e. The van der Waals surface area contributed by atoms with Gasteiger partial charge in [-0.05, 0) is 56.7 Å². The predicted octanol–water partition coefficient (Wildman–Crippen LogP) is 2.59. The Morgan fingerprint density at radius 3 is 2.27 bits per heavy atom. The maximum absolute atomic E-state index is 13.2. The monoisotopic (exact) mass is 426 g/mol. The van der Waals surface area contributed by atoms with E-state index < -0.39 is 10.0 Å². The quantitative estimate of drug-likeness (QED) is 0.793. The van der Waals surface area contributed by atoms with E-state index in [4.69, 9.17) is 5.26 Å². The molecule has 1 saturated heterocycles. The van der Waals surface area contributed by atoms with Crippen molar-refractivity contribution in [1.29, 1.82) is 5.26 Å². The van der Waals surface area contributed by atoms with E-state index in [-0.39, 0.29) is 29.4 Å². The van der Waals surface area contributed by atoms with Gasteiger partial charge in [-0.3, -0.25) is 9.69 Å². The average Bonchev–Trinajstić information content (AvgIpc) is 2.69. The second-order valence-corrected chi connectivity index (χ2v) is 9.57. The van der Waals surface area contributed by atoms with E-state index in [2.05, 4.69) is 5.32 Å². The molecule has 2 aromatic carbocycles. The molecular weight excluding hydrogens is 400 g/mol. The molecular formula is C22H26N4O3S. The fraction of sp³-hybridized carbons (Fsp3) is 0.364. The lowest BCUT2D eigenvalue weighted by Crippen LogP contribution is -2.59. The van der Waals surface area contributed by atoms with Crippen molar-refractivity contribution in [3.05, 3.63) is 59.7 Å². The van der Waals surface area contributed by atoms with Crippen molar-refractivity contribution in [3.63, 3.8) is 0 Å². The summed E-state index contributed by atoms with van der Waals surface area (Å²) >= 11 is 0. The fourth-order valence-electron chi connectivity index (χ4n) is 3.95. The van der Waals surface area contributed by atoms with Crippen LogP contribution < -0.4 is 5.32 Å². The molecule has 2 atom stereocenters. The van der Waals surface area contributed by atoms with E-state index in [1.807, 2.05) is 56.0 Å². The first-order chi connectivity index (χ1) is 14.2. The summed E-state index contributed by atoms with van der Waals surface area (Å²) in [6, 6.07) is 15.0. The van der Waals surface area contributed by atoms with Crippen molar-refractivity contribution in [2.75, 3.05) is 25.0 Å². The molecule has 30 heavy (non-hydrogen) atoms. The van der Waals surface area contributed by atoms with Crippen LogP contribution in [0.4, 0.5) is 5.69 Å². The number of carbonyl (C=O) groups excluding carboxylic acids is 1. The number of nitrogens with one attached hydrogen (secondary N) is 1. The van der Waals surface area contributed by atoms with E-state index in [9.17, 15) is 13.2 Å². The van der Waals surface area contributed by atoms with Gasteiger partial charge in [0, 0.05) is 30.9 Å². The Morgan fingerprint density at radius 1 is 1.10 bits per heavy atom. The molecule has 1 fully saturated rings. The van der Waals surface area contributed by atoms with Gasteiger partial charge in [0.05, 0.1) is 23.1 Å². The van der Waals surface area contributed by atoms with Gasteiger partial charge in [-0.1, -0.05) is 18.2 Å². The molecule has 1 aliphatic heterocycles. The minimum absolute atomic E-state index is 0.118. The van der Waals surface area contributed by atoms with Crippen LogP contribution in [-0.2, 0) is 14.8 Å². The van der Waals surface area contributed by atoms with Crippen LogP contribution in [0.25, 0.3) is 0 Å². The summed E-state index contributed by atoms with van der Waals surface area (Å²) in [5.41, 5.74) is 2.19. The molecule has 1 aliphatic rings. The fourth-order valence-corrected chi connectivity index (χ4v) is 5.75. The van der Waals surface area contributed by atoms with Gasteiger partial charge in [-0.2, -0.15) is 9.57 Å². The number of piperazine rings is 1. The third kappa shape index (κ3) is 4.70. The Kier molecular flexibility index (Phi) is 6.56. The van der Waals surface area contributed by atoms with Crippen molar-refractivity contribution >= 4 is 21.6 Å². The molecule has 1 N–H and O–H groups in total. The molecule has 7 nitrogen and oxygen atoms in total. The Bertz CT molecular complexity index is 1050. The third-order valence-electron chi connectivity index (χ3n) is 5.26. The molecule has 0 spiro atoms. The predicted molar refractivity (Wildman–Crippen MR) is 115 cm³/mol. The number of para-hydroxylation sites is 1. The molecule has 0 aliphatic carbocycles. The van der Waals surface area contributed by atoms with Gasteiger partial charge in [0.15, 0.2) is 0 Å². The van der Waals surface area contributed by atoms with Gasteiger partial charge in [-0.25, -0.2) is 8.42 Å². The summed E-state index contributed by atoms with van der Waals surface area (Å²) < 4.78 is 27.8. The highest BCUT2D eigenvalue weighted by Gasteiger charge is 2.38. The zero-order chi connectivity index (χ0) is 21.9. The lowest BCUT2D eigenvalue weighted by Gasteiger charge is -2.43. The van der Waals surface area contributed by atoms with Crippen LogP contribution in [0, 0.1) is 18.3 Å². The van der Waals surface area contributed by atoms with Gasteiger partial charge >= 0.3 is 0 Å². The van der Waals surface area contributed by atoms with Crippen LogP contribution in [-0.4, -0.2) is 55.2 Å². The second kappa shape index (κ2) is 8.96. The van der Waals surface area contributed by atoms with Gasteiger partial charge < -0.3 is 5.32 Å². The largest absolute Gasteiger partial charge is 0.325 e. The number of nitriles is 1. The van der Waals surface area contributed by atoms with Crippen molar-refractivity contribution < 1.29 is 13.2 Å². The van der Waals surface area contributed by atoms with Crippen LogP contribution in [0.3, 0.4) is 0 Å². The second-order valence-electron chi connectivity index (χ2n) is 7.73. The zero-order valence-corrected chi connectivity index (χ0v) is 18.2. The number of hydrogen-bond acceptors (Lipinski definition) is 5. The SMILES string of the molecule is Cc1ccccc1NC(=O)CN1CC(C)N(S(=O)(=O)c2ccc(C#N)cc2)C(C)C1. The Labute approximate surface area is 178 Å². The normalized spacial score (nSPS) is 20.5. The van der Waals surface area contributed by atoms with Gasteiger partial charge in [0.25, 0.3) is 0 Å². The van der Waals surface area contributed by atoms with Crippen LogP contribution in [0.1, 0.15) is 25.0 Å². The molecule has 158 valence electrons. The topological polar surface area (TPSA) is 93.5 Å². The molecule has 8 heteroatoms. The Morgan fingerprint density at radius 2 is 1.70 bits per heavy atom. The van der Waals surface area contributed by atoms with Gasteiger partial charge in [-0.15, -0.1) is 0 Å². The summed E-state index contributed by atoms with van der Waals surface area (Å²) in [5, 5.41) is 11.9. The third-order valence-corrected chi connectivity index (χ3v) is 7.40. The number of rotatable bonds is 5. The lowest BCUT2D eigenvalue weighted by molar-refractivity contribution is -0.118. The molecule has 2 aromatic rings. The van der Waals surface area contributed by atoms with Crippen LogP contribution in [0.2, 0.25) is 0 Å². The number of anilines is 1. The van der Waals surface area contributed by atoms with E-state index >= 15 is 0 Å². The number of benzene rings is 2. The van der Waals surface area contributed by atoms with Crippen molar-refractivity contribution in [3.8, 4) is 6.07 Å². The van der Waals surface area contributed by atoms with Crippen molar-refractivity contribution in [2.45, 2.75) is 37.8 Å². The Balaban J connectivity index is 1.68. The molecule has 0 bridgehead atoms. The highest BCUT2D eigenvalue weighted by molar-refractivity contribution is 7.89. The molecule has 3 rings (SSSR count). The van der Waals surface area contributed by atoms with Crippen LogP contribution >= 0.6 is 0 Å². The zero-order valence-electron chi connectivity index (χ0n) is 17.4. The van der Waals surface area contributed by atoms with Crippen molar-refractivity contribution in [2.24, 2.45) is 0 Å². The first-order valence-corrected chi connectivity index (χ1v) is 11.3. The average molecular weight is 427 g/mol. The molecule has 1 amide bonds. The van der Waals surface area contributed by atoms with Gasteiger partial charge in [0.1, 0.15) is 0 Å². The maximum Gasteiger partial charge on any atom is 0.243 e. The minimum Gasteiger partial charge on any atom is -0.325 e. The number of carbonyl (C=O) groups is 1. The molecule has 1 heterocycles. The Hall–Kier alpha value is -2.73. The van der Waals surface area contributed by atoms with Crippen LogP contribution in [0.15, 0.2) is 53.4 Å². The molecule has 2 unspecified atom stereocenters. The van der Waals surface area contributed by atoms with Crippen molar-refractivity contribution in [1.82, 2.24) is 9.21 Å².